The molecule has 12 N–H and O–H groups in total. The highest BCUT2D eigenvalue weighted by Crippen LogP contribution is 2.80. The van der Waals surface area contributed by atoms with Gasteiger partial charge in [-0.3, -0.25) is 0 Å². The Hall–Kier alpha value is -1.14. The van der Waals surface area contributed by atoms with Crippen molar-refractivity contribution >= 4 is 0 Å². The Kier molecular flexibility index (Phi) is 15.3. The maximum atomic E-state index is 11.8. The Morgan fingerprint density at radius 3 is 1.85 bits per heavy atom. The molecule has 0 radical (unpaired) electrons. The molecule has 6 heterocycles. The molecule has 0 aromatic heterocycles. The van der Waals surface area contributed by atoms with E-state index in [1.54, 1.807) is 0 Å². The van der Waals surface area contributed by atoms with Crippen LogP contribution in [0.15, 0.2) is 11.6 Å². The number of fused-ring (bicyclic) bond motifs is 4. The van der Waals surface area contributed by atoms with E-state index in [4.69, 9.17) is 47.4 Å². The Morgan fingerprint density at radius 2 is 1.20 bits per heavy atom. The van der Waals surface area contributed by atoms with Gasteiger partial charge in [0.05, 0.1) is 50.8 Å². The van der Waals surface area contributed by atoms with Gasteiger partial charge < -0.3 is 109 Å². The van der Waals surface area contributed by atoms with Gasteiger partial charge in [-0.25, -0.2) is 0 Å². The summed E-state index contributed by atoms with van der Waals surface area (Å²) in [5, 5.41) is 128. The van der Waals surface area contributed by atoms with E-state index in [1.807, 2.05) is 13.8 Å². The maximum Gasteiger partial charge on any atom is 0.187 e. The Morgan fingerprint density at radius 1 is 0.608 bits per heavy atom. The monoisotopic (exact) mass is 1060 g/mol. The summed E-state index contributed by atoms with van der Waals surface area (Å²) in [6.07, 6.45) is -20.6. The molecule has 22 nitrogen and oxygen atoms in total. The van der Waals surface area contributed by atoms with Crippen LogP contribution in [0.5, 0.6) is 0 Å². The predicted molar refractivity (Wildman–Crippen MR) is 251 cm³/mol. The highest BCUT2D eigenvalue weighted by atomic mass is 16.8. The summed E-state index contributed by atoms with van der Waals surface area (Å²) in [4.78, 5) is 0. The fourth-order valence-electron chi connectivity index (χ4n) is 17.1. The lowest BCUT2D eigenvalue weighted by molar-refractivity contribution is -0.388. The standard InChI is InChI=1S/C52H84O22/c1-22(2)14-23-15-50(7,74-43-37(62)32(57)25(56)19-65-43)42-24-8-9-30-48(5)12-11-31(47(3,4)29(48)10-13-49(30,6)51(24)20-52(42,73-23)66-21-51)70-46-41(72-44-38(63)34(59)27(17-54)68-44)40(35(60)28(18-55)69-46)71-45-39(64)36(61)33(58)26(16-53)67-45/h14,23-46,53-64H,8-13,15-21H2,1-7H3/t23?,24?,25-,26?,27+,28?,29?,30?,31-,32-,33-,34-,35-,36-,37?,38?,39?,40-,41?,42?,43-,44-,45-,46-,48-,49+,50?,51-,52-/m0/s1. The third kappa shape index (κ3) is 8.66. The first-order valence-corrected chi connectivity index (χ1v) is 27.0. The first-order valence-electron chi connectivity index (χ1n) is 27.0. The van der Waals surface area contributed by atoms with Gasteiger partial charge in [-0.1, -0.05) is 39.3 Å². The van der Waals surface area contributed by atoms with Crippen LogP contribution in [-0.4, -0.2) is 229 Å². The Balaban J connectivity index is 0.927. The van der Waals surface area contributed by atoms with E-state index in [1.165, 1.54) is 0 Å². The van der Waals surface area contributed by atoms with Crippen LogP contribution in [-0.2, 0) is 47.4 Å². The summed E-state index contributed by atoms with van der Waals surface area (Å²) >= 11 is 0. The van der Waals surface area contributed by atoms with Gasteiger partial charge in [0.25, 0.3) is 0 Å². The van der Waals surface area contributed by atoms with E-state index < -0.39 is 153 Å². The topological polar surface area (TPSA) is 335 Å². The van der Waals surface area contributed by atoms with Crippen molar-refractivity contribution in [2.24, 2.45) is 45.3 Å². The zero-order valence-corrected chi connectivity index (χ0v) is 43.6. The molecule has 4 aliphatic carbocycles. The zero-order valence-electron chi connectivity index (χ0n) is 43.6. The van der Waals surface area contributed by atoms with Crippen LogP contribution in [0.4, 0.5) is 0 Å². The van der Waals surface area contributed by atoms with Gasteiger partial charge in [0.2, 0.25) is 0 Å². The number of rotatable bonds is 12. The molecule has 22 heteroatoms. The molecule has 6 aliphatic heterocycles. The molecule has 0 aromatic rings. The SMILES string of the molecule is CC(C)=CC1CC(C)(O[C@@H]2OC[C@H](O)[C@H](O)C2O)C2C3CCC4[C@@]5(C)CC[C@H](O[C@@H]6OC(CO)[C@H](O)[C@H](O[C@@H]7OC(CO)[C@H](O)[C@H](O)C7O)C6O[C@@H]6O[C@H](CO)[C@H](O)C6O)C(C)(C)C5CC[C@@]4(C)[C@@]34CO[C@@]2(C4)O1. The van der Waals surface area contributed by atoms with E-state index in [0.29, 0.717) is 25.9 Å². The molecule has 12 unspecified atom stereocenters. The van der Waals surface area contributed by atoms with Gasteiger partial charge in [0.15, 0.2) is 30.9 Å². The minimum Gasteiger partial charge on any atom is -0.394 e. The lowest BCUT2D eigenvalue weighted by atomic mass is 9.35. The van der Waals surface area contributed by atoms with E-state index in [2.05, 4.69) is 40.7 Å². The summed E-state index contributed by atoms with van der Waals surface area (Å²) in [7, 11) is 0. The molecule has 424 valence electrons. The largest absolute Gasteiger partial charge is 0.394 e. The van der Waals surface area contributed by atoms with Crippen molar-refractivity contribution in [3.63, 3.8) is 0 Å². The smallest absolute Gasteiger partial charge is 0.187 e. The Labute approximate surface area is 431 Å². The third-order valence-corrected chi connectivity index (χ3v) is 20.6. The summed E-state index contributed by atoms with van der Waals surface area (Å²) in [5.74, 6) is -0.746. The maximum absolute atomic E-state index is 11.8. The average molecular weight is 1060 g/mol. The lowest BCUT2D eigenvalue weighted by Gasteiger charge is -2.70. The molecule has 2 spiro atoms. The minimum atomic E-state index is -1.89. The summed E-state index contributed by atoms with van der Waals surface area (Å²) in [6.45, 7) is 13.5. The van der Waals surface area contributed by atoms with E-state index in [9.17, 15) is 61.3 Å². The van der Waals surface area contributed by atoms with Crippen LogP contribution in [0.3, 0.4) is 0 Å². The quantitative estimate of drug-likeness (QED) is 0.0776. The number of aliphatic hydroxyl groups excluding tert-OH is 12. The second kappa shape index (κ2) is 20.1. The number of aliphatic hydroxyl groups is 12. The van der Waals surface area contributed by atoms with Crippen molar-refractivity contribution in [3.8, 4) is 0 Å². The fourth-order valence-corrected chi connectivity index (χ4v) is 17.1. The Bertz CT molecular complexity index is 2030. The second-order valence-electron chi connectivity index (χ2n) is 25.3. The van der Waals surface area contributed by atoms with Gasteiger partial charge in [0, 0.05) is 24.2 Å². The van der Waals surface area contributed by atoms with Crippen molar-refractivity contribution < 1.29 is 109 Å². The van der Waals surface area contributed by atoms with Gasteiger partial charge >= 0.3 is 0 Å². The van der Waals surface area contributed by atoms with Crippen LogP contribution in [0.2, 0.25) is 0 Å². The number of ether oxygens (including phenoxy) is 10. The van der Waals surface area contributed by atoms with E-state index in [0.717, 1.165) is 37.7 Å². The molecular formula is C52H84O22. The normalized spacial score (nSPS) is 56.7. The molecule has 2 bridgehead atoms. The summed E-state index contributed by atoms with van der Waals surface area (Å²) in [6, 6.07) is 0. The molecule has 74 heavy (non-hydrogen) atoms. The van der Waals surface area contributed by atoms with Gasteiger partial charge in [0.1, 0.15) is 85.5 Å². The van der Waals surface area contributed by atoms with E-state index >= 15 is 0 Å². The van der Waals surface area contributed by atoms with E-state index in [-0.39, 0.29) is 52.6 Å². The lowest BCUT2D eigenvalue weighted by Crippen LogP contribution is -2.69. The zero-order chi connectivity index (χ0) is 53.4. The van der Waals surface area contributed by atoms with Gasteiger partial charge in [-0.15, -0.1) is 0 Å². The predicted octanol–water partition coefficient (Wildman–Crippen LogP) is -1.57. The van der Waals surface area contributed by atoms with Crippen molar-refractivity contribution in [2.45, 2.75) is 234 Å². The molecule has 6 saturated heterocycles. The molecule has 10 fully saturated rings. The van der Waals surface area contributed by atoms with Crippen LogP contribution >= 0.6 is 0 Å². The average Bonchev–Trinajstić information content (AvgIpc) is 3.97. The summed E-state index contributed by atoms with van der Waals surface area (Å²) in [5.41, 5.74) is -1.11. The van der Waals surface area contributed by atoms with Crippen LogP contribution < -0.4 is 0 Å². The van der Waals surface area contributed by atoms with Crippen molar-refractivity contribution in [2.75, 3.05) is 33.0 Å². The van der Waals surface area contributed by atoms with Crippen molar-refractivity contribution in [1.82, 2.24) is 0 Å². The van der Waals surface area contributed by atoms with Crippen LogP contribution in [0.1, 0.15) is 99.8 Å². The molecule has 0 aromatic carbocycles. The number of hydrogen-bond acceptors (Lipinski definition) is 22. The molecule has 10 rings (SSSR count). The first kappa shape index (κ1) is 56.1. The molecule has 29 atom stereocenters. The van der Waals surface area contributed by atoms with Crippen molar-refractivity contribution in [1.29, 1.82) is 0 Å². The van der Waals surface area contributed by atoms with Gasteiger partial charge in [-0.05, 0) is 93.3 Å². The molecule has 10 aliphatic rings. The molecular weight excluding hydrogens is 977 g/mol. The second-order valence-corrected chi connectivity index (χ2v) is 25.3. The first-order chi connectivity index (χ1) is 34.8. The summed E-state index contributed by atoms with van der Waals surface area (Å²) < 4.78 is 64.2. The minimum absolute atomic E-state index is 0.0992. The molecule has 4 saturated carbocycles. The number of allylic oxidation sites excluding steroid dienone is 1. The van der Waals surface area contributed by atoms with Gasteiger partial charge in [-0.2, -0.15) is 0 Å². The molecule has 0 amide bonds. The van der Waals surface area contributed by atoms with Crippen LogP contribution in [0, 0.1) is 45.3 Å². The van der Waals surface area contributed by atoms with Crippen molar-refractivity contribution in [3.05, 3.63) is 11.6 Å². The third-order valence-electron chi connectivity index (χ3n) is 20.6. The fraction of sp³-hybridized carbons (Fsp3) is 0.962. The van der Waals surface area contributed by atoms with Crippen LogP contribution in [0.25, 0.3) is 0 Å². The highest BCUT2D eigenvalue weighted by Gasteiger charge is 2.81. The number of hydrogen-bond donors (Lipinski definition) is 12. The highest BCUT2D eigenvalue weighted by molar-refractivity contribution is 5.27.